The van der Waals surface area contributed by atoms with Crippen LogP contribution in [0.5, 0.6) is 0 Å². The Labute approximate surface area is 368 Å². The van der Waals surface area contributed by atoms with Gasteiger partial charge in [0.15, 0.2) is 0 Å². The Balaban J connectivity index is 3.63. The third kappa shape index (κ3) is 44.4. The SMILES string of the molecule is CCCCCCCCCCCCCC/C=C\CCCCCCCCCCCC(O)C(=O)NC(CO)C(O)/C=C/CC/C=C/CCCCCCCCCCCCCCCC. The molecule has 3 unspecified atom stereocenters. The first-order chi connectivity index (χ1) is 29.1. The second kappa shape index (κ2) is 49.2. The highest BCUT2D eigenvalue weighted by Crippen LogP contribution is 2.16. The van der Waals surface area contributed by atoms with E-state index in [1.807, 2.05) is 6.08 Å². The first kappa shape index (κ1) is 57.6. The molecule has 0 aliphatic rings. The number of unbranched alkanes of at least 4 members (excludes halogenated alkanes) is 36. The molecular formula is C54H103NO4. The maximum atomic E-state index is 12.5. The molecule has 0 aliphatic carbocycles. The number of carbonyl (C=O) groups excluding carboxylic acids is 1. The van der Waals surface area contributed by atoms with Crippen molar-refractivity contribution in [1.29, 1.82) is 0 Å². The number of aliphatic hydroxyl groups is 3. The Morgan fingerprint density at radius 1 is 0.407 bits per heavy atom. The van der Waals surface area contributed by atoms with Crippen LogP contribution in [0, 0.1) is 0 Å². The average molecular weight is 830 g/mol. The summed E-state index contributed by atoms with van der Waals surface area (Å²) in [5, 5.41) is 33.3. The zero-order chi connectivity index (χ0) is 43.0. The smallest absolute Gasteiger partial charge is 0.249 e. The van der Waals surface area contributed by atoms with Gasteiger partial charge in [-0.05, 0) is 57.8 Å². The molecule has 0 aliphatic heterocycles. The largest absolute Gasteiger partial charge is 0.394 e. The van der Waals surface area contributed by atoms with E-state index in [1.165, 1.54) is 218 Å². The molecule has 0 radical (unpaired) electrons. The summed E-state index contributed by atoms with van der Waals surface area (Å²) >= 11 is 0. The number of nitrogens with one attached hydrogen (secondary N) is 1. The van der Waals surface area contributed by atoms with Crippen molar-refractivity contribution in [2.75, 3.05) is 6.61 Å². The second-order valence-corrected chi connectivity index (χ2v) is 18.1. The Bertz CT molecular complexity index is 916. The molecule has 0 bridgehead atoms. The van der Waals surface area contributed by atoms with Crippen molar-refractivity contribution in [1.82, 2.24) is 5.32 Å². The Morgan fingerprint density at radius 3 is 1.03 bits per heavy atom. The summed E-state index contributed by atoms with van der Waals surface area (Å²) in [7, 11) is 0. The first-order valence-electron chi connectivity index (χ1n) is 26.3. The maximum Gasteiger partial charge on any atom is 0.249 e. The van der Waals surface area contributed by atoms with Gasteiger partial charge >= 0.3 is 0 Å². The molecule has 0 saturated heterocycles. The third-order valence-corrected chi connectivity index (χ3v) is 12.2. The molecule has 0 rings (SSSR count). The van der Waals surface area contributed by atoms with Crippen molar-refractivity contribution < 1.29 is 20.1 Å². The van der Waals surface area contributed by atoms with E-state index in [0.29, 0.717) is 6.42 Å². The minimum absolute atomic E-state index is 0.376. The lowest BCUT2D eigenvalue weighted by Crippen LogP contribution is -2.48. The summed E-state index contributed by atoms with van der Waals surface area (Å²) in [5.41, 5.74) is 0. The second-order valence-electron chi connectivity index (χ2n) is 18.1. The van der Waals surface area contributed by atoms with Crippen LogP contribution >= 0.6 is 0 Å². The third-order valence-electron chi connectivity index (χ3n) is 12.2. The Hall–Kier alpha value is -1.43. The van der Waals surface area contributed by atoms with Crippen LogP contribution in [0.25, 0.3) is 0 Å². The minimum atomic E-state index is -1.11. The van der Waals surface area contributed by atoms with Gasteiger partial charge in [0.2, 0.25) is 5.91 Å². The summed E-state index contributed by atoms with van der Waals surface area (Å²) in [4.78, 5) is 12.5. The highest BCUT2D eigenvalue weighted by molar-refractivity contribution is 5.80. The molecule has 5 nitrogen and oxygen atoms in total. The summed E-state index contributed by atoms with van der Waals surface area (Å²) in [6.45, 7) is 4.20. The number of carbonyl (C=O) groups is 1. The molecule has 0 aromatic rings. The molecule has 0 aromatic carbocycles. The number of rotatable bonds is 48. The van der Waals surface area contributed by atoms with E-state index in [4.69, 9.17) is 0 Å². The minimum Gasteiger partial charge on any atom is -0.394 e. The van der Waals surface area contributed by atoms with Gasteiger partial charge in [0, 0.05) is 0 Å². The lowest BCUT2D eigenvalue weighted by molar-refractivity contribution is -0.131. The summed E-state index contributed by atoms with van der Waals surface area (Å²) < 4.78 is 0. The van der Waals surface area contributed by atoms with Crippen LogP contribution in [0.3, 0.4) is 0 Å². The monoisotopic (exact) mass is 830 g/mol. The van der Waals surface area contributed by atoms with Crippen LogP contribution < -0.4 is 5.32 Å². The van der Waals surface area contributed by atoms with Crippen molar-refractivity contribution in [3.63, 3.8) is 0 Å². The van der Waals surface area contributed by atoms with Crippen molar-refractivity contribution >= 4 is 5.91 Å². The maximum absolute atomic E-state index is 12.5. The zero-order valence-corrected chi connectivity index (χ0v) is 39.6. The molecule has 4 N–H and O–H groups in total. The molecular weight excluding hydrogens is 727 g/mol. The number of hydrogen-bond donors (Lipinski definition) is 4. The number of aliphatic hydroxyl groups excluding tert-OH is 3. The van der Waals surface area contributed by atoms with E-state index in [-0.39, 0.29) is 6.61 Å². The number of allylic oxidation sites excluding steroid dienone is 5. The predicted molar refractivity (Wildman–Crippen MR) is 259 cm³/mol. The lowest BCUT2D eigenvalue weighted by Gasteiger charge is -2.21. The molecule has 3 atom stereocenters. The van der Waals surface area contributed by atoms with Crippen molar-refractivity contribution in [3.8, 4) is 0 Å². The van der Waals surface area contributed by atoms with Crippen molar-refractivity contribution in [3.05, 3.63) is 36.5 Å². The lowest BCUT2D eigenvalue weighted by atomic mass is 10.0. The Morgan fingerprint density at radius 2 is 0.695 bits per heavy atom. The van der Waals surface area contributed by atoms with E-state index < -0.39 is 24.2 Å². The average Bonchev–Trinajstić information content (AvgIpc) is 3.24. The predicted octanol–water partition coefficient (Wildman–Crippen LogP) is 15.9. The standard InChI is InChI=1S/C54H103NO4/c1-3-5-7-9-11-13-15-17-19-21-23-25-26-27-28-29-31-33-35-37-39-41-43-45-47-49-53(58)54(59)55-51(50-56)52(57)48-46-44-42-40-38-36-34-32-30-24-22-20-18-16-14-12-10-8-6-4-2/h27-28,38,40,46,48,51-53,56-58H,3-26,29-37,39,41-45,47,49-50H2,1-2H3,(H,55,59)/b28-27-,40-38+,48-46+. The summed E-state index contributed by atoms with van der Waals surface area (Å²) in [6.07, 6.45) is 63.5. The number of hydrogen-bond acceptors (Lipinski definition) is 4. The van der Waals surface area contributed by atoms with Gasteiger partial charge in [-0.3, -0.25) is 4.79 Å². The fraction of sp³-hybridized carbons (Fsp3) is 0.870. The molecule has 0 saturated carbocycles. The van der Waals surface area contributed by atoms with Crippen LogP contribution in [0.2, 0.25) is 0 Å². The van der Waals surface area contributed by atoms with Crippen LogP contribution in [-0.4, -0.2) is 46.1 Å². The molecule has 1 amide bonds. The van der Waals surface area contributed by atoms with Gasteiger partial charge in [0.05, 0.1) is 18.8 Å². The molecule has 348 valence electrons. The van der Waals surface area contributed by atoms with E-state index in [9.17, 15) is 20.1 Å². The molecule has 0 fully saturated rings. The highest BCUT2D eigenvalue weighted by atomic mass is 16.3. The first-order valence-corrected chi connectivity index (χ1v) is 26.3. The van der Waals surface area contributed by atoms with E-state index in [2.05, 4.69) is 43.5 Å². The highest BCUT2D eigenvalue weighted by Gasteiger charge is 2.22. The van der Waals surface area contributed by atoms with Crippen molar-refractivity contribution in [2.24, 2.45) is 0 Å². The van der Waals surface area contributed by atoms with E-state index in [1.54, 1.807) is 6.08 Å². The van der Waals surface area contributed by atoms with Gasteiger partial charge in [0.1, 0.15) is 6.10 Å². The van der Waals surface area contributed by atoms with E-state index >= 15 is 0 Å². The molecule has 0 spiro atoms. The van der Waals surface area contributed by atoms with Crippen molar-refractivity contribution in [2.45, 2.75) is 295 Å². The van der Waals surface area contributed by atoms with Gasteiger partial charge < -0.3 is 20.6 Å². The fourth-order valence-corrected chi connectivity index (χ4v) is 8.08. The van der Waals surface area contributed by atoms with Gasteiger partial charge in [-0.2, -0.15) is 0 Å². The molecule has 0 aromatic heterocycles. The quantitative estimate of drug-likeness (QED) is 0.0363. The fourth-order valence-electron chi connectivity index (χ4n) is 8.08. The van der Waals surface area contributed by atoms with Crippen LogP contribution in [0.1, 0.15) is 277 Å². The Kier molecular flexibility index (Phi) is 48.0. The zero-order valence-electron chi connectivity index (χ0n) is 39.6. The number of amides is 1. The van der Waals surface area contributed by atoms with Crippen LogP contribution in [0.15, 0.2) is 36.5 Å². The topological polar surface area (TPSA) is 89.8 Å². The summed E-state index contributed by atoms with van der Waals surface area (Å²) in [5.74, 6) is -0.512. The summed E-state index contributed by atoms with van der Waals surface area (Å²) in [6, 6.07) is -0.815. The van der Waals surface area contributed by atoms with Gasteiger partial charge in [0.25, 0.3) is 0 Å². The van der Waals surface area contributed by atoms with Crippen LogP contribution in [-0.2, 0) is 4.79 Å². The van der Waals surface area contributed by atoms with Gasteiger partial charge in [-0.15, -0.1) is 0 Å². The molecule has 0 heterocycles. The molecule has 5 heteroatoms. The molecule has 59 heavy (non-hydrogen) atoms. The van der Waals surface area contributed by atoms with Gasteiger partial charge in [-0.25, -0.2) is 0 Å². The normalized spacial score (nSPS) is 13.6. The van der Waals surface area contributed by atoms with Crippen LogP contribution in [0.4, 0.5) is 0 Å². The van der Waals surface area contributed by atoms with E-state index in [0.717, 1.165) is 38.5 Å². The van der Waals surface area contributed by atoms with Gasteiger partial charge in [-0.1, -0.05) is 256 Å².